The zero-order valence-electron chi connectivity index (χ0n) is 7.42. The highest BCUT2D eigenvalue weighted by Gasteiger charge is 2.20. The Morgan fingerprint density at radius 1 is 0.833 bits per heavy atom. The summed E-state index contributed by atoms with van der Waals surface area (Å²) in [7, 11) is 0. The molecule has 0 spiro atoms. The van der Waals surface area contributed by atoms with Crippen molar-refractivity contribution in [2.75, 3.05) is 23.0 Å². The quantitative estimate of drug-likeness (QED) is 0.737. The van der Waals surface area contributed by atoms with Crippen LogP contribution in [0.1, 0.15) is 19.3 Å². The van der Waals surface area contributed by atoms with Gasteiger partial charge in [0.25, 0.3) is 0 Å². The van der Waals surface area contributed by atoms with Gasteiger partial charge in [-0.15, -0.1) is 0 Å². The standard InChI is InChI=1S/C9H17NS2/c1-4-11-5-2-8(1)10-9-3-6-12-7-9/h8-10H,1-7H2. The minimum absolute atomic E-state index is 0.836. The zero-order chi connectivity index (χ0) is 8.23. The molecule has 0 radical (unpaired) electrons. The molecule has 1 atom stereocenters. The molecule has 0 aliphatic carbocycles. The van der Waals surface area contributed by atoms with E-state index in [1.54, 1.807) is 0 Å². The van der Waals surface area contributed by atoms with E-state index in [0.717, 1.165) is 12.1 Å². The molecule has 2 aliphatic heterocycles. The summed E-state index contributed by atoms with van der Waals surface area (Å²) < 4.78 is 0. The van der Waals surface area contributed by atoms with Crippen molar-refractivity contribution in [2.45, 2.75) is 31.3 Å². The Kier molecular flexibility index (Phi) is 3.67. The molecule has 2 aliphatic rings. The molecule has 0 aromatic carbocycles. The Bertz CT molecular complexity index is 128. The largest absolute Gasteiger partial charge is 0.310 e. The summed E-state index contributed by atoms with van der Waals surface area (Å²) in [5.74, 6) is 5.47. The van der Waals surface area contributed by atoms with Crippen molar-refractivity contribution in [3.05, 3.63) is 0 Å². The highest BCUT2D eigenvalue weighted by molar-refractivity contribution is 7.99. The Morgan fingerprint density at radius 3 is 2.17 bits per heavy atom. The molecule has 12 heavy (non-hydrogen) atoms. The van der Waals surface area contributed by atoms with Crippen molar-refractivity contribution in [3.63, 3.8) is 0 Å². The average Bonchev–Trinajstić information content (AvgIpc) is 2.59. The normalized spacial score (nSPS) is 32.5. The number of hydrogen-bond acceptors (Lipinski definition) is 3. The van der Waals surface area contributed by atoms with Crippen molar-refractivity contribution in [3.8, 4) is 0 Å². The van der Waals surface area contributed by atoms with Gasteiger partial charge in [-0.25, -0.2) is 0 Å². The summed E-state index contributed by atoms with van der Waals surface area (Å²) in [6.45, 7) is 0. The lowest BCUT2D eigenvalue weighted by Crippen LogP contribution is -2.40. The molecule has 2 heterocycles. The molecular formula is C9H17NS2. The fourth-order valence-electron chi connectivity index (χ4n) is 1.86. The smallest absolute Gasteiger partial charge is 0.0168 e. The second-order valence-electron chi connectivity index (χ2n) is 3.61. The van der Waals surface area contributed by atoms with E-state index < -0.39 is 0 Å². The number of thioether (sulfide) groups is 2. The fraction of sp³-hybridized carbons (Fsp3) is 1.00. The van der Waals surface area contributed by atoms with Gasteiger partial charge in [-0.1, -0.05) is 0 Å². The van der Waals surface area contributed by atoms with Crippen molar-refractivity contribution in [1.82, 2.24) is 5.32 Å². The van der Waals surface area contributed by atoms with E-state index in [1.807, 2.05) is 0 Å². The first-order chi connectivity index (χ1) is 5.95. The van der Waals surface area contributed by atoms with E-state index in [-0.39, 0.29) is 0 Å². The van der Waals surface area contributed by atoms with Crippen LogP contribution in [-0.4, -0.2) is 35.1 Å². The van der Waals surface area contributed by atoms with Crippen molar-refractivity contribution < 1.29 is 0 Å². The Balaban J connectivity index is 1.69. The van der Waals surface area contributed by atoms with E-state index in [4.69, 9.17) is 0 Å². The van der Waals surface area contributed by atoms with E-state index in [1.165, 1.54) is 42.3 Å². The summed E-state index contributed by atoms with van der Waals surface area (Å²) >= 11 is 4.21. The van der Waals surface area contributed by atoms with Crippen LogP contribution in [0.3, 0.4) is 0 Å². The monoisotopic (exact) mass is 203 g/mol. The molecule has 0 bridgehead atoms. The summed E-state index contributed by atoms with van der Waals surface area (Å²) in [4.78, 5) is 0. The number of hydrogen-bond donors (Lipinski definition) is 1. The Morgan fingerprint density at radius 2 is 1.50 bits per heavy atom. The summed E-state index contributed by atoms with van der Waals surface area (Å²) in [6.07, 6.45) is 4.19. The minimum atomic E-state index is 0.836. The van der Waals surface area contributed by atoms with Crippen LogP contribution in [0.4, 0.5) is 0 Å². The third-order valence-corrected chi connectivity index (χ3v) is 4.83. The van der Waals surface area contributed by atoms with E-state index in [2.05, 4.69) is 28.8 Å². The molecule has 1 unspecified atom stereocenters. The van der Waals surface area contributed by atoms with Crippen LogP contribution in [0.2, 0.25) is 0 Å². The van der Waals surface area contributed by atoms with Crippen LogP contribution >= 0.6 is 23.5 Å². The van der Waals surface area contributed by atoms with Gasteiger partial charge in [0.2, 0.25) is 0 Å². The van der Waals surface area contributed by atoms with Gasteiger partial charge < -0.3 is 5.32 Å². The van der Waals surface area contributed by atoms with Crippen molar-refractivity contribution in [2.24, 2.45) is 0 Å². The molecule has 70 valence electrons. The van der Waals surface area contributed by atoms with Crippen LogP contribution < -0.4 is 5.32 Å². The minimum Gasteiger partial charge on any atom is -0.310 e. The van der Waals surface area contributed by atoms with E-state index in [0.29, 0.717) is 0 Å². The van der Waals surface area contributed by atoms with Gasteiger partial charge in [0.1, 0.15) is 0 Å². The lowest BCUT2D eigenvalue weighted by atomic mass is 10.1. The Labute approximate surface area is 83.4 Å². The highest BCUT2D eigenvalue weighted by Crippen LogP contribution is 2.21. The van der Waals surface area contributed by atoms with Gasteiger partial charge >= 0.3 is 0 Å². The van der Waals surface area contributed by atoms with Crippen molar-refractivity contribution in [1.29, 1.82) is 0 Å². The van der Waals surface area contributed by atoms with Gasteiger partial charge in [0.05, 0.1) is 0 Å². The second kappa shape index (κ2) is 4.77. The zero-order valence-corrected chi connectivity index (χ0v) is 9.05. The van der Waals surface area contributed by atoms with Crippen molar-refractivity contribution >= 4 is 23.5 Å². The molecule has 2 saturated heterocycles. The predicted octanol–water partition coefficient (Wildman–Crippen LogP) is 1.98. The maximum Gasteiger partial charge on any atom is 0.0168 e. The van der Waals surface area contributed by atoms with E-state index >= 15 is 0 Å². The lowest BCUT2D eigenvalue weighted by molar-refractivity contribution is 0.427. The summed E-state index contributed by atoms with van der Waals surface area (Å²) in [6, 6.07) is 1.68. The van der Waals surface area contributed by atoms with Gasteiger partial charge in [0, 0.05) is 17.8 Å². The molecule has 0 amide bonds. The lowest BCUT2D eigenvalue weighted by Gasteiger charge is -2.25. The average molecular weight is 203 g/mol. The van der Waals surface area contributed by atoms with Gasteiger partial charge in [-0.2, -0.15) is 23.5 Å². The molecule has 0 aromatic rings. The first-order valence-electron chi connectivity index (χ1n) is 4.87. The molecule has 3 heteroatoms. The highest BCUT2D eigenvalue weighted by atomic mass is 32.2. The van der Waals surface area contributed by atoms with Crippen LogP contribution in [-0.2, 0) is 0 Å². The third-order valence-electron chi connectivity index (χ3n) is 2.62. The SMILES string of the molecule is C1CC(NC2CCSC2)CCS1. The first kappa shape index (κ1) is 9.22. The third kappa shape index (κ3) is 2.57. The maximum atomic E-state index is 3.78. The van der Waals surface area contributed by atoms with E-state index in [9.17, 15) is 0 Å². The summed E-state index contributed by atoms with van der Waals surface area (Å²) in [5, 5.41) is 3.78. The van der Waals surface area contributed by atoms with Crippen LogP contribution in [0.15, 0.2) is 0 Å². The first-order valence-corrected chi connectivity index (χ1v) is 7.17. The summed E-state index contributed by atoms with van der Waals surface area (Å²) in [5.41, 5.74) is 0. The van der Waals surface area contributed by atoms with Crippen LogP contribution in [0, 0.1) is 0 Å². The molecule has 1 N–H and O–H groups in total. The topological polar surface area (TPSA) is 12.0 Å². The Hall–Kier alpha value is 0.660. The van der Waals surface area contributed by atoms with Gasteiger partial charge in [-0.05, 0) is 36.5 Å². The molecule has 0 saturated carbocycles. The van der Waals surface area contributed by atoms with Gasteiger partial charge in [-0.3, -0.25) is 0 Å². The molecule has 0 aromatic heterocycles. The fourth-order valence-corrected chi connectivity index (χ4v) is 4.14. The number of rotatable bonds is 2. The van der Waals surface area contributed by atoms with Crippen LogP contribution in [0.25, 0.3) is 0 Å². The van der Waals surface area contributed by atoms with Gasteiger partial charge in [0.15, 0.2) is 0 Å². The van der Waals surface area contributed by atoms with Crippen LogP contribution in [0.5, 0.6) is 0 Å². The number of nitrogens with one attached hydrogen (secondary N) is 1. The molecule has 2 fully saturated rings. The molecule has 2 rings (SSSR count). The molecular weight excluding hydrogens is 186 g/mol. The predicted molar refractivity (Wildman–Crippen MR) is 59.2 cm³/mol. The maximum absolute atomic E-state index is 3.78. The second-order valence-corrected chi connectivity index (χ2v) is 5.99. The molecule has 1 nitrogen and oxygen atoms in total.